The molecule has 1 aromatic heterocycles. The van der Waals surface area contributed by atoms with Gasteiger partial charge in [0.15, 0.2) is 0 Å². The zero-order valence-corrected chi connectivity index (χ0v) is 15.2. The summed E-state index contributed by atoms with van der Waals surface area (Å²) in [6, 6.07) is 2.85. The van der Waals surface area contributed by atoms with Crippen LogP contribution < -0.4 is 0 Å². The van der Waals surface area contributed by atoms with Crippen molar-refractivity contribution in [3.05, 3.63) is 29.8 Å². The first-order chi connectivity index (χ1) is 12.5. The summed E-state index contributed by atoms with van der Waals surface area (Å²) in [6.07, 6.45) is 4.61. The van der Waals surface area contributed by atoms with Crippen LogP contribution in [0.3, 0.4) is 0 Å². The molecule has 0 unspecified atom stereocenters. The first kappa shape index (κ1) is 18.8. The van der Waals surface area contributed by atoms with Crippen molar-refractivity contribution in [2.24, 2.45) is 5.41 Å². The number of likely N-dealkylation sites (tertiary alicyclic amines) is 2. The second kappa shape index (κ2) is 8.12. The molecular formula is C19H26FN3O3. The second-order valence-electron chi connectivity index (χ2n) is 7.19. The Labute approximate surface area is 153 Å². The summed E-state index contributed by atoms with van der Waals surface area (Å²) in [7, 11) is 1.64. The van der Waals surface area contributed by atoms with E-state index >= 15 is 0 Å². The predicted octanol–water partition coefficient (Wildman–Crippen LogP) is 1.64. The molecule has 0 radical (unpaired) electrons. The molecular weight excluding hydrogens is 337 g/mol. The topological polar surface area (TPSA) is 62.7 Å². The van der Waals surface area contributed by atoms with Crippen molar-refractivity contribution in [2.75, 3.05) is 39.9 Å². The summed E-state index contributed by atoms with van der Waals surface area (Å²) >= 11 is 0. The number of rotatable bonds is 5. The molecule has 7 heteroatoms. The van der Waals surface area contributed by atoms with E-state index in [1.165, 1.54) is 12.1 Å². The van der Waals surface area contributed by atoms with Crippen molar-refractivity contribution < 1.29 is 18.7 Å². The number of pyridine rings is 1. The van der Waals surface area contributed by atoms with E-state index in [4.69, 9.17) is 4.74 Å². The van der Waals surface area contributed by atoms with E-state index in [1.807, 2.05) is 4.90 Å². The maximum atomic E-state index is 12.9. The van der Waals surface area contributed by atoms with Crippen LogP contribution >= 0.6 is 0 Å². The molecule has 2 aliphatic rings. The third kappa shape index (κ3) is 4.03. The molecule has 0 aromatic carbocycles. The highest BCUT2D eigenvalue weighted by Crippen LogP contribution is 2.40. The molecule has 2 saturated heterocycles. The molecule has 3 rings (SSSR count). The van der Waals surface area contributed by atoms with Crippen LogP contribution in [0.25, 0.3) is 0 Å². The SMILES string of the molecule is COCCN1CCCC2(CCN(C(=O)Cc3ccc(F)cn3)CC2)C1=O. The average molecular weight is 363 g/mol. The number of halogens is 1. The van der Waals surface area contributed by atoms with Crippen molar-refractivity contribution in [3.8, 4) is 0 Å². The number of ether oxygens (including phenoxy) is 1. The number of methoxy groups -OCH3 is 1. The monoisotopic (exact) mass is 363 g/mol. The van der Waals surface area contributed by atoms with E-state index < -0.39 is 5.82 Å². The van der Waals surface area contributed by atoms with Gasteiger partial charge in [0.25, 0.3) is 0 Å². The van der Waals surface area contributed by atoms with Crippen molar-refractivity contribution >= 4 is 11.8 Å². The van der Waals surface area contributed by atoms with E-state index in [9.17, 15) is 14.0 Å². The Bertz CT molecular complexity index is 642. The fraction of sp³-hybridized carbons (Fsp3) is 0.632. The lowest BCUT2D eigenvalue weighted by molar-refractivity contribution is -0.153. The fourth-order valence-electron chi connectivity index (χ4n) is 3.99. The largest absolute Gasteiger partial charge is 0.383 e. The van der Waals surface area contributed by atoms with E-state index in [2.05, 4.69) is 4.98 Å². The number of hydrogen-bond acceptors (Lipinski definition) is 4. The highest BCUT2D eigenvalue weighted by atomic mass is 19.1. The number of aromatic nitrogens is 1. The van der Waals surface area contributed by atoms with Crippen LogP contribution in [0.5, 0.6) is 0 Å². The molecule has 1 aromatic rings. The van der Waals surface area contributed by atoms with E-state index in [1.54, 1.807) is 12.0 Å². The number of carbonyl (C=O) groups is 2. The van der Waals surface area contributed by atoms with Crippen LogP contribution in [-0.4, -0.2) is 66.5 Å². The van der Waals surface area contributed by atoms with Gasteiger partial charge in [0.05, 0.1) is 24.6 Å². The first-order valence-electron chi connectivity index (χ1n) is 9.21. The van der Waals surface area contributed by atoms with Crippen LogP contribution in [0.4, 0.5) is 4.39 Å². The summed E-state index contributed by atoms with van der Waals surface area (Å²) in [4.78, 5) is 33.1. The lowest BCUT2D eigenvalue weighted by Gasteiger charge is -2.46. The molecule has 0 saturated carbocycles. The van der Waals surface area contributed by atoms with Gasteiger partial charge >= 0.3 is 0 Å². The Balaban J connectivity index is 1.56. The lowest BCUT2D eigenvalue weighted by Crippen LogP contribution is -2.55. The molecule has 2 fully saturated rings. The Hall–Kier alpha value is -2.02. The Morgan fingerprint density at radius 3 is 2.69 bits per heavy atom. The standard InChI is InChI=1S/C19H26FN3O3/c1-26-12-11-23-8-2-5-19(18(23)25)6-9-22(10-7-19)17(24)13-16-4-3-15(20)14-21-16/h3-4,14H,2,5-13H2,1H3. The minimum absolute atomic E-state index is 0.0153. The Morgan fingerprint density at radius 2 is 2.04 bits per heavy atom. The predicted molar refractivity (Wildman–Crippen MR) is 93.8 cm³/mol. The maximum Gasteiger partial charge on any atom is 0.229 e. The third-order valence-electron chi connectivity index (χ3n) is 5.58. The molecule has 2 amide bonds. The van der Waals surface area contributed by atoms with Gasteiger partial charge in [-0.1, -0.05) is 0 Å². The summed E-state index contributed by atoms with van der Waals surface area (Å²) in [5, 5.41) is 0. The average Bonchev–Trinajstić information content (AvgIpc) is 2.65. The van der Waals surface area contributed by atoms with Gasteiger partial charge in [0, 0.05) is 39.0 Å². The normalized spacial score (nSPS) is 19.8. The number of hydrogen-bond donors (Lipinski definition) is 0. The number of carbonyl (C=O) groups excluding carboxylic acids is 2. The third-order valence-corrected chi connectivity index (χ3v) is 5.58. The van der Waals surface area contributed by atoms with Gasteiger partial charge in [-0.3, -0.25) is 14.6 Å². The fourth-order valence-corrected chi connectivity index (χ4v) is 3.99. The van der Waals surface area contributed by atoms with Crippen LogP contribution in [0.2, 0.25) is 0 Å². The number of amides is 2. The van der Waals surface area contributed by atoms with Gasteiger partial charge in [0.2, 0.25) is 11.8 Å². The zero-order valence-electron chi connectivity index (χ0n) is 15.2. The van der Waals surface area contributed by atoms with Gasteiger partial charge in [-0.25, -0.2) is 4.39 Å². The first-order valence-corrected chi connectivity index (χ1v) is 9.21. The molecule has 3 heterocycles. The smallest absolute Gasteiger partial charge is 0.229 e. The Morgan fingerprint density at radius 1 is 1.27 bits per heavy atom. The van der Waals surface area contributed by atoms with Crippen molar-refractivity contribution in [1.29, 1.82) is 0 Å². The van der Waals surface area contributed by atoms with Crippen LogP contribution in [-0.2, 0) is 20.7 Å². The molecule has 6 nitrogen and oxygen atoms in total. The molecule has 0 N–H and O–H groups in total. The minimum Gasteiger partial charge on any atom is -0.383 e. The summed E-state index contributed by atoms with van der Waals surface area (Å²) in [5.74, 6) is -0.207. The summed E-state index contributed by atoms with van der Waals surface area (Å²) in [5.41, 5.74) is 0.243. The molecule has 142 valence electrons. The molecule has 0 aliphatic carbocycles. The number of nitrogens with zero attached hydrogens (tertiary/aromatic N) is 3. The molecule has 1 spiro atoms. The zero-order chi connectivity index (χ0) is 18.6. The Kier molecular flexibility index (Phi) is 5.86. The minimum atomic E-state index is -0.407. The molecule has 0 atom stereocenters. The van der Waals surface area contributed by atoms with Crippen LogP contribution in [0.1, 0.15) is 31.4 Å². The van der Waals surface area contributed by atoms with Gasteiger partial charge < -0.3 is 14.5 Å². The quantitative estimate of drug-likeness (QED) is 0.798. The van der Waals surface area contributed by atoms with Crippen molar-refractivity contribution in [2.45, 2.75) is 32.1 Å². The highest BCUT2D eigenvalue weighted by molar-refractivity contribution is 5.84. The molecule has 26 heavy (non-hydrogen) atoms. The molecule has 0 bridgehead atoms. The summed E-state index contributed by atoms with van der Waals surface area (Å²) in [6.45, 7) is 3.16. The van der Waals surface area contributed by atoms with Crippen LogP contribution in [0, 0.1) is 11.2 Å². The van der Waals surface area contributed by atoms with Gasteiger partial charge in [0.1, 0.15) is 5.82 Å². The van der Waals surface area contributed by atoms with Crippen molar-refractivity contribution in [1.82, 2.24) is 14.8 Å². The van der Waals surface area contributed by atoms with E-state index in [-0.39, 0.29) is 23.7 Å². The van der Waals surface area contributed by atoms with E-state index in [0.717, 1.165) is 25.6 Å². The molecule has 2 aliphatic heterocycles. The van der Waals surface area contributed by atoms with Gasteiger partial charge in [-0.2, -0.15) is 0 Å². The highest BCUT2D eigenvalue weighted by Gasteiger charge is 2.45. The number of piperidine rings is 2. The summed E-state index contributed by atoms with van der Waals surface area (Å²) < 4.78 is 18.0. The second-order valence-corrected chi connectivity index (χ2v) is 7.19. The maximum absolute atomic E-state index is 12.9. The van der Waals surface area contributed by atoms with E-state index in [0.29, 0.717) is 44.8 Å². The van der Waals surface area contributed by atoms with Gasteiger partial charge in [-0.15, -0.1) is 0 Å². The van der Waals surface area contributed by atoms with Crippen molar-refractivity contribution in [3.63, 3.8) is 0 Å². The van der Waals surface area contributed by atoms with Gasteiger partial charge in [-0.05, 0) is 37.8 Å². The van der Waals surface area contributed by atoms with Crippen LogP contribution in [0.15, 0.2) is 18.3 Å². The lowest BCUT2D eigenvalue weighted by atomic mass is 9.71.